The third-order valence-electron chi connectivity index (χ3n) is 2.94. The van der Waals surface area contributed by atoms with Gasteiger partial charge in [-0.3, -0.25) is 4.79 Å². The van der Waals surface area contributed by atoms with E-state index in [0.717, 1.165) is 0 Å². The van der Waals surface area contributed by atoms with Gasteiger partial charge in [0.15, 0.2) is 0 Å². The molecule has 2 aromatic rings. The van der Waals surface area contributed by atoms with Crippen molar-refractivity contribution in [3.63, 3.8) is 0 Å². The maximum absolute atomic E-state index is 13.2. The van der Waals surface area contributed by atoms with Crippen LogP contribution in [0.4, 0.5) is 4.39 Å². The minimum atomic E-state index is -1.03. The number of carbonyl (C=O) groups is 1. The van der Waals surface area contributed by atoms with Crippen LogP contribution >= 0.6 is 0 Å². The van der Waals surface area contributed by atoms with E-state index in [4.69, 9.17) is 4.74 Å². The average molecular weight is 290 g/mol. The van der Waals surface area contributed by atoms with Crippen LogP contribution < -0.4 is 4.74 Å². The standard InChI is InChI=1S/C15H15FN2O3/c1-2-21-14-8-13(17-9-18-14)12(15(19)20)7-10-4-3-5-11(16)6-10/h3-6,8-9,12H,2,7H2,1H3,(H,19,20). The summed E-state index contributed by atoms with van der Waals surface area (Å²) >= 11 is 0. The highest BCUT2D eigenvalue weighted by molar-refractivity contribution is 5.76. The van der Waals surface area contributed by atoms with E-state index >= 15 is 0 Å². The predicted molar refractivity (Wildman–Crippen MR) is 73.7 cm³/mol. The van der Waals surface area contributed by atoms with Gasteiger partial charge in [-0.1, -0.05) is 12.1 Å². The molecule has 6 heteroatoms. The molecule has 110 valence electrons. The van der Waals surface area contributed by atoms with E-state index in [1.54, 1.807) is 12.1 Å². The van der Waals surface area contributed by atoms with Crippen molar-refractivity contribution in [2.45, 2.75) is 19.3 Å². The SMILES string of the molecule is CCOc1cc(C(Cc2cccc(F)c2)C(=O)O)ncn1. The molecule has 1 N–H and O–H groups in total. The van der Waals surface area contributed by atoms with E-state index in [-0.39, 0.29) is 6.42 Å². The van der Waals surface area contributed by atoms with E-state index in [2.05, 4.69) is 9.97 Å². The summed E-state index contributed by atoms with van der Waals surface area (Å²) in [7, 11) is 0. The first kappa shape index (κ1) is 14.9. The number of hydrogen-bond donors (Lipinski definition) is 1. The van der Waals surface area contributed by atoms with E-state index in [9.17, 15) is 14.3 Å². The molecule has 1 atom stereocenters. The van der Waals surface area contributed by atoms with Crippen LogP contribution in [0, 0.1) is 5.82 Å². The first-order chi connectivity index (χ1) is 10.1. The van der Waals surface area contributed by atoms with Gasteiger partial charge in [-0.2, -0.15) is 0 Å². The lowest BCUT2D eigenvalue weighted by atomic mass is 9.96. The van der Waals surface area contributed by atoms with Crippen molar-refractivity contribution in [3.05, 3.63) is 53.7 Å². The van der Waals surface area contributed by atoms with E-state index in [0.29, 0.717) is 23.7 Å². The lowest BCUT2D eigenvalue weighted by Crippen LogP contribution is -2.16. The number of rotatable bonds is 6. The number of nitrogens with zero attached hydrogens (tertiary/aromatic N) is 2. The molecule has 0 saturated carbocycles. The highest BCUT2D eigenvalue weighted by Gasteiger charge is 2.22. The molecule has 0 amide bonds. The van der Waals surface area contributed by atoms with Crippen LogP contribution in [-0.2, 0) is 11.2 Å². The van der Waals surface area contributed by atoms with Crippen molar-refractivity contribution >= 4 is 5.97 Å². The molecule has 1 aromatic heterocycles. The first-order valence-electron chi connectivity index (χ1n) is 6.52. The summed E-state index contributed by atoms with van der Waals surface area (Å²) in [4.78, 5) is 19.4. The predicted octanol–water partition coefficient (Wildman–Crippen LogP) is 2.43. The average Bonchev–Trinajstić information content (AvgIpc) is 2.45. The highest BCUT2D eigenvalue weighted by atomic mass is 19.1. The Balaban J connectivity index is 2.26. The van der Waals surface area contributed by atoms with Gasteiger partial charge in [0, 0.05) is 6.07 Å². The van der Waals surface area contributed by atoms with Crippen LogP contribution in [0.2, 0.25) is 0 Å². The number of aromatic nitrogens is 2. The van der Waals surface area contributed by atoms with Crippen molar-refractivity contribution in [2.75, 3.05) is 6.61 Å². The summed E-state index contributed by atoms with van der Waals surface area (Å²) < 4.78 is 18.4. The van der Waals surface area contributed by atoms with Crippen LogP contribution in [0.1, 0.15) is 24.1 Å². The molecule has 2 rings (SSSR count). The lowest BCUT2D eigenvalue weighted by Gasteiger charge is -2.12. The van der Waals surface area contributed by atoms with E-state index in [1.807, 2.05) is 6.92 Å². The summed E-state index contributed by atoms with van der Waals surface area (Å²) in [5, 5.41) is 9.38. The number of hydrogen-bond acceptors (Lipinski definition) is 4. The second-order valence-corrected chi connectivity index (χ2v) is 4.44. The molecule has 5 nitrogen and oxygen atoms in total. The third-order valence-corrected chi connectivity index (χ3v) is 2.94. The Morgan fingerprint density at radius 3 is 2.86 bits per heavy atom. The van der Waals surface area contributed by atoms with Crippen LogP contribution in [0.3, 0.4) is 0 Å². The van der Waals surface area contributed by atoms with Crippen molar-refractivity contribution in [2.24, 2.45) is 0 Å². The number of aliphatic carboxylic acids is 1. The van der Waals surface area contributed by atoms with E-state index in [1.165, 1.54) is 24.5 Å². The molecule has 0 fully saturated rings. The van der Waals surface area contributed by atoms with Gasteiger partial charge in [0.1, 0.15) is 18.1 Å². The number of carboxylic acid groups (broad SMARTS) is 1. The van der Waals surface area contributed by atoms with Gasteiger partial charge in [-0.25, -0.2) is 14.4 Å². The van der Waals surface area contributed by atoms with Crippen LogP contribution in [-0.4, -0.2) is 27.7 Å². The molecular formula is C15H15FN2O3. The molecule has 0 saturated heterocycles. The maximum Gasteiger partial charge on any atom is 0.312 e. The Morgan fingerprint density at radius 2 is 2.19 bits per heavy atom. The van der Waals surface area contributed by atoms with Gasteiger partial charge in [0.25, 0.3) is 0 Å². The Bertz CT molecular complexity index is 634. The molecule has 1 unspecified atom stereocenters. The maximum atomic E-state index is 13.2. The Morgan fingerprint density at radius 1 is 1.38 bits per heavy atom. The van der Waals surface area contributed by atoms with Crippen molar-refractivity contribution in [3.8, 4) is 5.88 Å². The second-order valence-electron chi connectivity index (χ2n) is 4.44. The summed E-state index contributed by atoms with van der Waals surface area (Å²) in [6.45, 7) is 2.24. The van der Waals surface area contributed by atoms with Gasteiger partial charge in [-0.05, 0) is 31.0 Å². The number of benzene rings is 1. The summed E-state index contributed by atoms with van der Waals surface area (Å²) in [5.74, 6) is -1.98. The quantitative estimate of drug-likeness (QED) is 0.884. The van der Waals surface area contributed by atoms with Gasteiger partial charge >= 0.3 is 5.97 Å². The molecule has 0 bridgehead atoms. The zero-order valence-corrected chi connectivity index (χ0v) is 11.5. The van der Waals surface area contributed by atoms with Crippen LogP contribution in [0.5, 0.6) is 5.88 Å². The fourth-order valence-corrected chi connectivity index (χ4v) is 1.99. The summed E-state index contributed by atoms with van der Waals surface area (Å²) in [6, 6.07) is 7.37. The fourth-order valence-electron chi connectivity index (χ4n) is 1.99. The Kier molecular flexibility index (Phi) is 4.81. The number of halogens is 1. The molecule has 0 aliphatic heterocycles. The molecule has 1 aromatic carbocycles. The molecule has 1 heterocycles. The minimum Gasteiger partial charge on any atom is -0.481 e. The van der Waals surface area contributed by atoms with Gasteiger partial charge in [-0.15, -0.1) is 0 Å². The van der Waals surface area contributed by atoms with Crippen molar-refractivity contribution in [1.82, 2.24) is 9.97 Å². The smallest absolute Gasteiger partial charge is 0.312 e. The highest BCUT2D eigenvalue weighted by Crippen LogP contribution is 2.22. The molecule has 0 radical (unpaired) electrons. The Labute approximate surface area is 121 Å². The number of ether oxygens (including phenoxy) is 1. The topological polar surface area (TPSA) is 72.3 Å². The van der Waals surface area contributed by atoms with Gasteiger partial charge in [0.05, 0.1) is 12.3 Å². The van der Waals surface area contributed by atoms with Gasteiger partial charge < -0.3 is 9.84 Å². The van der Waals surface area contributed by atoms with Crippen LogP contribution in [0.15, 0.2) is 36.7 Å². The molecule has 0 aliphatic rings. The molecule has 0 aliphatic carbocycles. The summed E-state index contributed by atoms with van der Waals surface area (Å²) in [5.41, 5.74) is 0.934. The normalized spacial score (nSPS) is 11.9. The fraction of sp³-hybridized carbons (Fsp3) is 0.267. The van der Waals surface area contributed by atoms with Crippen molar-refractivity contribution in [1.29, 1.82) is 0 Å². The van der Waals surface area contributed by atoms with Gasteiger partial charge in [0.2, 0.25) is 5.88 Å². The zero-order valence-electron chi connectivity index (χ0n) is 11.5. The number of carboxylic acids is 1. The first-order valence-corrected chi connectivity index (χ1v) is 6.52. The second kappa shape index (κ2) is 6.78. The Hall–Kier alpha value is -2.50. The van der Waals surface area contributed by atoms with Crippen LogP contribution in [0.25, 0.3) is 0 Å². The van der Waals surface area contributed by atoms with E-state index < -0.39 is 17.7 Å². The molecule has 0 spiro atoms. The zero-order chi connectivity index (χ0) is 15.2. The minimum absolute atomic E-state index is 0.148. The largest absolute Gasteiger partial charge is 0.481 e. The lowest BCUT2D eigenvalue weighted by molar-refractivity contribution is -0.138. The summed E-state index contributed by atoms with van der Waals surface area (Å²) in [6.07, 6.45) is 1.41. The monoisotopic (exact) mass is 290 g/mol. The third kappa shape index (κ3) is 3.98. The molecular weight excluding hydrogens is 275 g/mol. The molecule has 21 heavy (non-hydrogen) atoms. The van der Waals surface area contributed by atoms with Crippen molar-refractivity contribution < 1.29 is 19.0 Å².